The maximum Gasteiger partial charge on any atom is 0.410 e. The Morgan fingerprint density at radius 1 is 1.28 bits per heavy atom. The largest absolute Gasteiger partial charge is 0.444 e. The fourth-order valence-corrected chi connectivity index (χ4v) is 2.25. The molecule has 5 nitrogen and oxygen atoms in total. The smallest absolute Gasteiger partial charge is 0.410 e. The number of ether oxygens (including phenoxy) is 1. The molecule has 0 aromatic rings. The van der Waals surface area contributed by atoms with Gasteiger partial charge in [-0.1, -0.05) is 0 Å². The molecule has 0 bridgehead atoms. The maximum absolute atomic E-state index is 12.0. The summed E-state index contributed by atoms with van der Waals surface area (Å²) in [6.45, 7) is 6.87. The third kappa shape index (κ3) is 2.94. The highest BCUT2D eigenvalue weighted by Gasteiger charge is 2.35. The standard InChI is InChI=1S/C13H22N2O3/c1-13(2,3)18-12(17)14-7-8-15(11(16)9-14)10-5-4-6-10/h10H,4-9H2,1-3H3. The highest BCUT2D eigenvalue weighted by molar-refractivity contribution is 5.84. The fraction of sp³-hybridized carbons (Fsp3) is 0.846. The molecule has 0 N–H and O–H groups in total. The molecule has 1 saturated carbocycles. The molecule has 0 aromatic heterocycles. The second-order valence-corrected chi connectivity index (χ2v) is 6.07. The summed E-state index contributed by atoms with van der Waals surface area (Å²) in [6.07, 6.45) is 3.05. The van der Waals surface area contributed by atoms with Crippen LogP contribution in [0.15, 0.2) is 0 Å². The summed E-state index contributed by atoms with van der Waals surface area (Å²) in [4.78, 5) is 27.3. The predicted octanol–water partition coefficient (Wildman–Crippen LogP) is 1.62. The van der Waals surface area contributed by atoms with Crippen LogP contribution in [-0.2, 0) is 9.53 Å². The second kappa shape index (κ2) is 4.78. The van der Waals surface area contributed by atoms with E-state index >= 15 is 0 Å². The molecule has 102 valence electrons. The predicted molar refractivity (Wildman–Crippen MR) is 67.2 cm³/mol. The van der Waals surface area contributed by atoms with Crippen LogP contribution in [0.5, 0.6) is 0 Å². The van der Waals surface area contributed by atoms with E-state index in [4.69, 9.17) is 4.74 Å². The van der Waals surface area contributed by atoms with Crippen LogP contribution in [0, 0.1) is 0 Å². The summed E-state index contributed by atoms with van der Waals surface area (Å²) < 4.78 is 5.28. The molecule has 0 unspecified atom stereocenters. The van der Waals surface area contributed by atoms with Gasteiger partial charge in [-0.25, -0.2) is 4.79 Å². The molecule has 1 aliphatic carbocycles. The molecule has 2 fully saturated rings. The van der Waals surface area contributed by atoms with Gasteiger partial charge in [0.15, 0.2) is 0 Å². The van der Waals surface area contributed by atoms with Gasteiger partial charge < -0.3 is 9.64 Å². The lowest BCUT2D eigenvalue weighted by Crippen LogP contribution is -2.57. The van der Waals surface area contributed by atoms with E-state index in [-0.39, 0.29) is 18.5 Å². The summed E-state index contributed by atoms with van der Waals surface area (Å²) in [5, 5.41) is 0. The molecule has 0 spiro atoms. The molecule has 0 atom stereocenters. The lowest BCUT2D eigenvalue weighted by molar-refractivity contribution is -0.140. The molecule has 0 radical (unpaired) electrons. The monoisotopic (exact) mass is 254 g/mol. The number of amides is 2. The number of piperazine rings is 1. The number of nitrogens with zero attached hydrogens (tertiary/aromatic N) is 2. The molecule has 5 heteroatoms. The molecular weight excluding hydrogens is 232 g/mol. The molecule has 0 aromatic carbocycles. The van der Waals surface area contributed by atoms with Gasteiger partial charge in [-0.2, -0.15) is 0 Å². The summed E-state index contributed by atoms with van der Waals surface area (Å²) in [6, 6.07) is 0.415. The maximum atomic E-state index is 12.0. The van der Waals surface area contributed by atoms with Crippen molar-refractivity contribution >= 4 is 12.0 Å². The highest BCUT2D eigenvalue weighted by atomic mass is 16.6. The summed E-state index contributed by atoms with van der Waals surface area (Å²) in [7, 11) is 0. The first-order valence-corrected chi connectivity index (χ1v) is 6.64. The average molecular weight is 254 g/mol. The van der Waals surface area contributed by atoms with Crippen molar-refractivity contribution in [3.05, 3.63) is 0 Å². The minimum absolute atomic E-state index is 0.0526. The first-order valence-electron chi connectivity index (χ1n) is 6.64. The molecule has 2 rings (SSSR count). The molecule has 1 heterocycles. The molecule has 1 aliphatic heterocycles. The zero-order chi connectivity index (χ0) is 13.3. The van der Waals surface area contributed by atoms with E-state index < -0.39 is 5.60 Å². The van der Waals surface area contributed by atoms with E-state index in [9.17, 15) is 9.59 Å². The van der Waals surface area contributed by atoms with Crippen LogP contribution >= 0.6 is 0 Å². The van der Waals surface area contributed by atoms with Crippen molar-refractivity contribution in [3.8, 4) is 0 Å². The lowest BCUT2D eigenvalue weighted by Gasteiger charge is -2.42. The van der Waals surface area contributed by atoms with Gasteiger partial charge in [-0.15, -0.1) is 0 Å². The molecule has 18 heavy (non-hydrogen) atoms. The SMILES string of the molecule is CC(C)(C)OC(=O)N1CCN(C2CCC2)C(=O)C1. The van der Waals surface area contributed by atoms with Crippen LogP contribution in [0.25, 0.3) is 0 Å². The fourth-order valence-electron chi connectivity index (χ4n) is 2.25. The Morgan fingerprint density at radius 3 is 2.39 bits per heavy atom. The third-order valence-electron chi connectivity index (χ3n) is 3.42. The van der Waals surface area contributed by atoms with E-state index in [2.05, 4.69) is 0 Å². The number of hydrogen-bond acceptors (Lipinski definition) is 3. The van der Waals surface area contributed by atoms with E-state index in [1.807, 2.05) is 25.7 Å². The molecule has 1 saturated heterocycles. The second-order valence-electron chi connectivity index (χ2n) is 6.07. The van der Waals surface area contributed by atoms with Crippen molar-refractivity contribution in [2.45, 2.75) is 51.7 Å². The summed E-state index contributed by atoms with van der Waals surface area (Å²) in [5.41, 5.74) is -0.509. The van der Waals surface area contributed by atoms with Gasteiger partial charge in [-0.3, -0.25) is 9.69 Å². The molecule has 2 amide bonds. The Hall–Kier alpha value is -1.26. The van der Waals surface area contributed by atoms with E-state index in [1.54, 1.807) is 0 Å². The molecular formula is C13H22N2O3. The third-order valence-corrected chi connectivity index (χ3v) is 3.42. The highest BCUT2D eigenvalue weighted by Crippen LogP contribution is 2.26. The van der Waals surface area contributed by atoms with Crippen LogP contribution in [0.1, 0.15) is 40.0 Å². The summed E-state index contributed by atoms with van der Waals surface area (Å²) in [5.74, 6) is 0.0526. The minimum Gasteiger partial charge on any atom is -0.444 e. The van der Waals surface area contributed by atoms with Crippen molar-refractivity contribution < 1.29 is 14.3 Å². The number of carbonyl (C=O) groups is 2. The summed E-state index contributed by atoms with van der Waals surface area (Å²) >= 11 is 0. The van der Waals surface area contributed by atoms with Crippen LogP contribution in [0.3, 0.4) is 0 Å². The van der Waals surface area contributed by atoms with Gasteiger partial charge >= 0.3 is 6.09 Å². The van der Waals surface area contributed by atoms with Gasteiger partial charge in [0, 0.05) is 19.1 Å². The average Bonchev–Trinajstić information content (AvgIpc) is 2.15. The van der Waals surface area contributed by atoms with Crippen LogP contribution < -0.4 is 0 Å². The zero-order valence-corrected chi connectivity index (χ0v) is 11.4. The van der Waals surface area contributed by atoms with Crippen LogP contribution in [0.2, 0.25) is 0 Å². The van der Waals surface area contributed by atoms with Crippen LogP contribution in [-0.4, -0.2) is 53.1 Å². The van der Waals surface area contributed by atoms with Crippen molar-refractivity contribution in [2.75, 3.05) is 19.6 Å². The molecule has 2 aliphatic rings. The number of carbonyl (C=O) groups excluding carboxylic acids is 2. The van der Waals surface area contributed by atoms with Crippen molar-refractivity contribution in [1.82, 2.24) is 9.80 Å². The van der Waals surface area contributed by atoms with Crippen molar-refractivity contribution in [2.24, 2.45) is 0 Å². The first-order chi connectivity index (χ1) is 8.37. The van der Waals surface area contributed by atoms with Gasteiger partial charge in [0.1, 0.15) is 12.1 Å². The van der Waals surface area contributed by atoms with E-state index in [1.165, 1.54) is 11.3 Å². The van der Waals surface area contributed by atoms with Gasteiger partial charge in [-0.05, 0) is 40.0 Å². The van der Waals surface area contributed by atoms with E-state index in [0.717, 1.165) is 12.8 Å². The minimum atomic E-state index is -0.509. The zero-order valence-electron chi connectivity index (χ0n) is 11.4. The van der Waals surface area contributed by atoms with Gasteiger partial charge in [0.2, 0.25) is 5.91 Å². The van der Waals surface area contributed by atoms with Crippen LogP contribution in [0.4, 0.5) is 4.79 Å². The quantitative estimate of drug-likeness (QED) is 0.714. The first kappa shape index (κ1) is 13.2. The topological polar surface area (TPSA) is 49.9 Å². The van der Waals surface area contributed by atoms with Crippen molar-refractivity contribution in [1.29, 1.82) is 0 Å². The Bertz CT molecular complexity index is 345. The Labute approximate surface area is 108 Å². The normalized spacial score (nSPS) is 21.8. The Balaban J connectivity index is 1.87. The van der Waals surface area contributed by atoms with Gasteiger partial charge in [0.25, 0.3) is 0 Å². The lowest BCUT2D eigenvalue weighted by atomic mass is 9.91. The number of rotatable bonds is 1. The Kier molecular flexibility index (Phi) is 3.50. The Morgan fingerprint density at radius 2 is 1.94 bits per heavy atom. The number of hydrogen-bond donors (Lipinski definition) is 0. The van der Waals surface area contributed by atoms with E-state index in [0.29, 0.717) is 19.1 Å². The van der Waals surface area contributed by atoms with Gasteiger partial charge in [0.05, 0.1) is 0 Å². The van der Waals surface area contributed by atoms with Crippen molar-refractivity contribution in [3.63, 3.8) is 0 Å².